The second kappa shape index (κ2) is 7.47. The van der Waals surface area contributed by atoms with Gasteiger partial charge in [0, 0.05) is 17.8 Å². The molecule has 1 aromatic carbocycles. The number of hydrogen-bond acceptors (Lipinski definition) is 4. The normalized spacial score (nSPS) is 26.1. The first kappa shape index (κ1) is 17.8. The summed E-state index contributed by atoms with van der Waals surface area (Å²) in [7, 11) is 1.35. The van der Waals surface area contributed by atoms with E-state index in [0.717, 1.165) is 43.9 Å². The fourth-order valence-electron chi connectivity index (χ4n) is 4.14. The lowest BCUT2D eigenvalue weighted by Gasteiger charge is -2.32. The molecule has 1 N–H and O–H groups in total. The molecule has 3 atom stereocenters. The Morgan fingerprint density at radius 3 is 2.56 bits per heavy atom. The lowest BCUT2D eigenvalue weighted by atomic mass is 9.85. The van der Waals surface area contributed by atoms with Gasteiger partial charge in [-0.3, -0.25) is 14.5 Å². The molecule has 0 spiro atoms. The molecule has 2 fully saturated rings. The first-order valence-corrected chi connectivity index (χ1v) is 8.57. The van der Waals surface area contributed by atoms with Crippen LogP contribution < -0.4 is 5.32 Å². The fourth-order valence-corrected chi connectivity index (χ4v) is 4.14. The molecule has 0 radical (unpaired) electrons. The Morgan fingerprint density at radius 1 is 1.20 bits per heavy atom. The van der Waals surface area contributed by atoms with Gasteiger partial charge in [0.25, 0.3) is 0 Å². The van der Waals surface area contributed by atoms with Crippen LogP contribution in [0.4, 0.5) is 14.5 Å². The van der Waals surface area contributed by atoms with Gasteiger partial charge in [-0.15, -0.1) is 0 Å². The number of ether oxygens (including phenoxy) is 1. The fraction of sp³-hybridized carbons (Fsp3) is 0.556. The summed E-state index contributed by atoms with van der Waals surface area (Å²) in [6.07, 6.45) is 4.89. The number of anilines is 1. The molecule has 0 aromatic heterocycles. The number of likely N-dealkylation sites (tertiary alicyclic amines) is 1. The number of amides is 1. The van der Waals surface area contributed by atoms with E-state index in [4.69, 9.17) is 4.74 Å². The summed E-state index contributed by atoms with van der Waals surface area (Å²) < 4.78 is 31.4. The maximum absolute atomic E-state index is 13.3. The molecule has 5 nitrogen and oxygen atoms in total. The molecule has 1 aliphatic carbocycles. The number of carbonyl (C=O) groups excluding carboxylic acids is 2. The Kier molecular flexibility index (Phi) is 5.32. The van der Waals surface area contributed by atoms with E-state index in [2.05, 4.69) is 5.32 Å². The molecule has 0 bridgehead atoms. The second-order valence-corrected chi connectivity index (χ2v) is 6.77. The predicted octanol–water partition coefficient (Wildman–Crippen LogP) is 2.71. The molecular weight excluding hydrogens is 330 g/mol. The van der Waals surface area contributed by atoms with Crippen molar-refractivity contribution in [2.45, 2.75) is 44.2 Å². The van der Waals surface area contributed by atoms with Gasteiger partial charge in [-0.05, 0) is 37.3 Å². The van der Waals surface area contributed by atoms with Crippen LogP contribution in [0, 0.1) is 17.6 Å². The zero-order valence-corrected chi connectivity index (χ0v) is 14.1. The van der Waals surface area contributed by atoms with E-state index in [1.54, 1.807) is 0 Å². The van der Waals surface area contributed by atoms with Crippen molar-refractivity contribution >= 4 is 17.6 Å². The summed E-state index contributed by atoms with van der Waals surface area (Å²) in [4.78, 5) is 26.4. The zero-order chi connectivity index (χ0) is 18.0. The van der Waals surface area contributed by atoms with E-state index in [1.165, 1.54) is 7.11 Å². The molecule has 3 unspecified atom stereocenters. The third-order valence-electron chi connectivity index (χ3n) is 5.17. The number of carbonyl (C=O) groups is 2. The van der Waals surface area contributed by atoms with Crippen LogP contribution in [0.5, 0.6) is 0 Å². The van der Waals surface area contributed by atoms with Crippen molar-refractivity contribution in [3.05, 3.63) is 29.8 Å². The first-order valence-electron chi connectivity index (χ1n) is 8.57. The minimum atomic E-state index is -0.753. The molecule has 3 rings (SSSR count). The quantitative estimate of drug-likeness (QED) is 0.847. The monoisotopic (exact) mass is 352 g/mol. The molecule has 1 aliphatic heterocycles. The number of esters is 1. The third-order valence-corrected chi connectivity index (χ3v) is 5.17. The summed E-state index contributed by atoms with van der Waals surface area (Å²) in [6.45, 7) is -0.000927. The van der Waals surface area contributed by atoms with E-state index < -0.39 is 23.6 Å². The average Bonchev–Trinajstić information content (AvgIpc) is 2.92. The van der Waals surface area contributed by atoms with Crippen LogP contribution in [-0.2, 0) is 14.3 Å². The summed E-state index contributed by atoms with van der Waals surface area (Å²) in [6, 6.07) is 2.61. The molecule has 1 saturated heterocycles. The Labute approximate surface area is 145 Å². The van der Waals surface area contributed by atoms with Gasteiger partial charge in [-0.1, -0.05) is 12.8 Å². The summed E-state index contributed by atoms with van der Waals surface area (Å²) >= 11 is 0. The van der Waals surface area contributed by atoms with Gasteiger partial charge in [-0.25, -0.2) is 8.78 Å². The van der Waals surface area contributed by atoms with Crippen molar-refractivity contribution in [2.24, 2.45) is 5.92 Å². The third kappa shape index (κ3) is 3.98. The maximum atomic E-state index is 13.3. The highest BCUT2D eigenvalue weighted by Gasteiger charge is 2.46. The van der Waals surface area contributed by atoms with Crippen LogP contribution in [0.15, 0.2) is 18.2 Å². The lowest BCUT2D eigenvalue weighted by molar-refractivity contribution is -0.146. The van der Waals surface area contributed by atoms with Gasteiger partial charge in [0.2, 0.25) is 5.91 Å². The minimum Gasteiger partial charge on any atom is -0.468 e. The topological polar surface area (TPSA) is 58.6 Å². The average molecular weight is 352 g/mol. The van der Waals surface area contributed by atoms with Gasteiger partial charge in [0.05, 0.1) is 13.7 Å². The van der Waals surface area contributed by atoms with Crippen LogP contribution in [0.3, 0.4) is 0 Å². The molecule has 1 saturated carbocycles. The van der Waals surface area contributed by atoms with Crippen molar-refractivity contribution in [1.82, 2.24) is 4.90 Å². The number of benzene rings is 1. The van der Waals surface area contributed by atoms with E-state index in [1.807, 2.05) is 4.90 Å². The second-order valence-electron chi connectivity index (χ2n) is 6.77. The van der Waals surface area contributed by atoms with Crippen molar-refractivity contribution in [2.75, 3.05) is 19.0 Å². The number of nitrogens with one attached hydrogen (secondary N) is 1. The van der Waals surface area contributed by atoms with Crippen LogP contribution in [0.1, 0.15) is 32.1 Å². The zero-order valence-electron chi connectivity index (χ0n) is 14.1. The van der Waals surface area contributed by atoms with E-state index in [9.17, 15) is 18.4 Å². The van der Waals surface area contributed by atoms with E-state index in [0.29, 0.717) is 12.3 Å². The van der Waals surface area contributed by atoms with Crippen LogP contribution in [0.25, 0.3) is 0 Å². The molecule has 25 heavy (non-hydrogen) atoms. The molecule has 1 heterocycles. The van der Waals surface area contributed by atoms with Crippen LogP contribution in [0.2, 0.25) is 0 Å². The van der Waals surface area contributed by atoms with Gasteiger partial charge >= 0.3 is 5.97 Å². The molecule has 7 heteroatoms. The number of nitrogens with zero attached hydrogens (tertiary/aromatic N) is 1. The maximum Gasteiger partial charge on any atom is 0.323 e. The Bertz CT molecular complexity index is 647. The van der Waals surface area contributed by atoms with Crippen molar-refractivity contribution in [3.63, 3.8) is 0 Å². The van der Waals surface area contributed by atoms with Crippen molar-refractivity contribution < 1.29 is 23.1 Å². The number of fused-ring (bicyclic) bond motifs is 1. The van der Waals surface area contributed by atoms with Crippen LogP contribution >= 0.6 is 0 Å². The largest absolute Gasteiger partial charge is 0.468 e. The number of halogens is 2. The van der Waals surface area contributed by atoms with Gasteiger partial charge in [-0.2, -0.15) is 0 Å². The number of hydrogen-bond donors (Lipinski definition) is 1. The minimum absolute atomic E-state index is 0.000927. The highest BCUT2D eigenvalue weighted by atomic mass is 19.1. The molecule has 2 aliphatic rings. The highest BCUT2D eigenvalue weighted by molar-refractivity contribution is 5.92. The molecular formula is C18H22F2N2O3. The predicted molar refractivity (Wildman–Crippen MR) is 87.9 cm³/mol. The van der Waals surface area contributed by atoms with Crippen LogP contribution in [-0.4, -0.2) is 42.5 Å². The summed E-state index contributed by atoms with van der Waals surface area (Å²) in [5.41, 5.74) is 0.0662. The highest BCUT2D eigenvalue weighted by Crippen LogP contribution is 2.39. The summed E-state index contributed by atoms with van der Waals surface area (Å²) in [5, 5.41) is 2.51. The number of methoxy groups -OCH3 is 1. The molecule has 1 amide bonds. The SMILES string of the molecule is COC(=O)C1CC2CCCCC2N1CC(=O)Nc1cc(F)cc(F)c1. The van der Waals surface area contributed by atoms with Gasteiger partial charge < -0.3 is 10.1 Å². The Balaban J connectivity index is 1.71. The van der Waals surface area contributed by atoms with E-state index in [-0.39, 0.29) is 24.2 Å². The standard InChI is InChI=1S/C18H22F2N2O3/c1-25-18(24)16-6-11-4-2-3-5-15(11)22(16)10-17(23)21-14-8-12(19)7-13(20)9-14/h7-9,11,15-16H,2-6,10H2,1H3,(H,21,23). The van der Waals surface area contributed by atoms with Crippen molar-refractivity contribution in [1.29, 1.82) is 0 Å². The Morgan fingerprint density at radius 2 is 1.88 bits per heavy atom. The summed E-state index contributed by atoms with van der Waals surface area (Å²) in [5.74, 6) is -1.85. The lowest BCUT2D eigenvalue weighted by Crippen LogP contribution is -2.46. The number of rotatable bonds is 4. The first-order chi connectivity index (χ1) is 12.0. The van der Waals surface area contributed by atoms with Gasteiger partial charge in [0.15, 0.2) is 0 Å². The van der Waals surface area contributed by atoms with E-state index >= 15 is 0 Å². The molecule has 1 aromatic rings. The van der Waals surface area contributed by atoms with Gasteiger partial charge in [0.1, 0.15) is 17.7 Å². The smallest absolute Gasteiger partial charge is 0.323 e. The molecule has 136 valence electrons. The van der Waals surface area contributed by atoms with Crippen molar-refractivity contribution in [3.8, 4) is 0 Å². The Hall–Kier alpha value is -2.02.